The molecule has 0 saturated carbocycles. The molecule has 1 amide bonds. The van der Waals surface area contributed by atoms with Crippen LogP contribution in [0.1, 0.15) is 53.4 Å². The molecule has 3 N–H and O–H groups in total. The highest BCUT2D eigenvalue weighted by atomic mass is 16.4. The first-order chi connectivity index (χ1) is 16.8. The van der Waals surface area contributed by atoms with Crippen LogP contribution in [0.4, 0.5) is 17.1 Å². The van der Waals surface area contributed by atoms with Gasteiger partial charge in [-0.15, -0.1) is 0 Å². The van der Waals surface area contributed by atoms with E-state index in [0.717, 1.165) is 31.5 Å². The number of amides is 1. The van der Waals surface area contributed by atoms with Gasteiger partial charge < -0.3 is 15.7 Å². The van der Waals surface area contributed by atoms with Gasteiger partial charge >= 0.3 is 5.97 Å². The first kappa shape index (κ1) is 28.1. The molecule has 0 radical (unpaired) electrons. The van der Waals surface area contributed by atoms with E-state index >= 15 is 0 Å². The van der Waals surface area contributed by atoms with E-state index in [1.165, 1.54) is 0 Å². The summed E-state index contributed by atoms with van der Waals surface area (Å²) in [5, 5.41) is 23.6. The number of carbonyl (C=O) groups is 2. The van der Waals surface area contributed by atoms with Gasteiger partial charge in [-0.25, -0.2) is 0 Å². The second kappa shape index (κ2) is 15.0. The van der Waals surface area contributed by atoms with Crippen LogP contribution in [-0.4, -0.2) is 53.1 Å². The van der Waals surface area contributed by atoms with Crippen LogP contribution in [0.5, 0.6) is 0 Å². The van der Waals surface area contributed by atoms with Crippen LogP contribution in [0.3, 0.4) is 0 Å². The monoisotopic (exact) mass is 481 g/mol. The van der Waals surface area contributed by atoms with E-state index in [-0.39, 0.29) is 12.3 Å². The van der Waals surface area contributed by atoms with Crippen LogP contribution >= 0.6 is 0 Å². The Morgan fingerprint density at radius 1 is 0.857 bits per heavy atom. The van der Waals surface area contributed by atoms with Crippen LogP contribution in [0.2, 0.25) is 0 Å². The third-order valence-electron chi connectivity index (χ3n) is 5.69. The number of unbranched alkanes of at least 4 members (excludes halogenated alkanes) is 2. The van der Waals surface area contributed by atoms with Crippen molar-refractivity contribution in [2.24, 2.45) is 10.2 Å². The average Bonchev–Trinajstić information content (AvgIpc) is 2.82. The van der Waals surface area contributed by atoms with Crippen molar-refractivity contribution in [3.63, 3.8) is 0 Å². The summed E-state index contributed by atoms with van der Waals surface area (Å²) >= 11 is 0. The maximum atomic E-state index is 12.4. The van der Waals surface area contributed by atoms with Crippen molar-refractivity contribution in [3.8, 4) is 0 Å². The third-order valence-corrected chi connectivity index (χ3v) is 5.69. The van der Waals surface area contributed by atoms with Crippen LogP contribution in [-0.2, 0) is 9.59 Å². The number of nitrogens with zero attached hydrogens (tertiary/aromatic N) is 3. The summed E-state index contributed by atoms with van der Waals surface area (Å²) in [5.74, 6) is -1.38. The minimum atomic E-state index is -1.03. The molecule has 0 bridgehead atoms. The number of carbonyl (C=O) groups excluding carboxylic acids is 1. The van der Waals surface area contributed by atoms with Gasteiger partial charge in [-0.2, -0.15) is 10.2 Å². The van der Waals surface area contributed by atoms with E-state index in [2.05, 4.69) is 53.5 Å². The van der Waals surface area contributed by atoms with E-state index in [9.17, 15) is 14.7 Å². The molecule has 0 spiro atoms. The van der Waals surface area contributed by atoms with E-state index in [1.54, 1.807) is 24.3 Å². The highest BCUT2D eigenvalue weighted by molar-refractivity contribution is 5.94. The summed E-state index contributed by atoms with van der Waals surface area (Å²) in [6.07, 6.45) is 2.81. The summed E-state index contributed by atoms with van der Waals surface area (Å²) in [7, 11) is 0. The molecule has 0 aliphatic carbocycles. The molecule has 0 aromatic heterocycles. The summed E-state index contributed by atoms with van der Waals surface area (Å²) in [6.45, 7) is 10.4. The summed E-state index contributed by atoms with van der Waals surface area (Å²) in [4.78, 5) is 26.5. The Labute approximate surface area is 208 Å². The molecule has 2 rings (SSSR count). The molecule has 2 aromatic carbocycles. The number of rotatable bonds is 15. The molecule has 0 fully saturated rings. The highest BCUT2D eigenvalue weighted by Crippen LogP contribution is 2.20. The fourth-order valence-electron chi connectivity index (χ4n) is 3.85. The standard InChI is InChI=1S/C27H39N5O3/c1-20(2)32(21(3)4)18-10-6-9-17-28-25(27(34)35)19-26(33)29-22-13-15-24(16-14-22)31-30-23-11-7-5-8-12-23/h5,7-8,11-16,20-21,25,28H,6,9-10,17-19H2,1-4H3,(H,29,33)(H,34,35). The summed E-state index contributed by atoms with van der Waals surface area (Å²) < 4.78 is 0. The maximum Gasteiger partial charge on any atom is 0.321 e. The fourth-order valence-corrected chi connectivity index (χ4v) is 3.85. The molecule has 1 atom stereocenters. The SMILES string of the molecule is CC(C)N(CCCCCNC(CC(=O)Nc1ccc(N=Nc2ccccc2)cc1)C(=O)O)C(C)C. The number of hydrogen-bond acceptors (Lipinski definition) is 6. The van der Waals surface area contributed by atoms with Gasteiger partial charge in [-0.05, 0) is 90.0 Å². The minimum absolute atomic E-state index is 0.140. The molecule has 2 aromatic rings. The number of carboxylic acid groups (broad SMARTS) is 1. The van der Waals surface area contributed by atoms with Gasteiger partial charge in [-0.1, -0.05) is 24.6 Å². The topological polar surface area (TPSA) is 106 Å². The Morgan fingerprint density at radius 2 is 1.46 bits per heavy atom. The van der Waals surface area contributed by atoms with Gasteiger partial charge in [0.1, 0.15) is 6.04 Å². The number of nitrogens with one attached hydrogen (secondary N) is 2. The first-order valence-corrected chi connectivity index (χ1v) is 12.3. The zero-order valence-electron chi connectivity index (χ0n) is 21.3. The number of carboxylic acids is 1. The second-order valence-corrected chi connectivity index (χ2v) is 9.17. The molecule has 190 valence electrons. The quantitative estimate of drug-likeness (QED) is 0.221. The van der Waals surface area contributed by atoms with Crippen LogP contribution < -0.4 is 10.6 Å². The molecular weight excluding hydrogens is 442 g/mol. The van der Waals surface area contributed by atoms with Crippen molar-refractivity contribution < 1.29 is 14.7 Å². The number of hydrogen-bond donors (Lipinski definition) is 3. The second-order valence-electron chi connectivity index (χ2n) is 9.17. The van der Waals surface area contributed by atoms with Crippen molar-refractivity contribution in [2.75, 3.05) is 18.4 Å². The average molecular weight is 482 g/mol. The van der Waals surface area contributed by atoms with Crippen molar-refractivity contribution in [1.29, 1.82) is 0 Å². The molecule has 0 aliphatic heterocycles. The van der Waals surface area contributed by atoms with E-state index in [0.29, 0.717) is 30.0 Å². The molecule has 8 nitrogen and oxygen atoms in total. The molecule has 0 aliphatic rings. The molecular formula is C27H39N5O3. The Balaban J connectivity index is 1.73. The highest BCUT2D eigenvalue weighted by Gasteiger charge is 2.20. The fraction of sp³-hybridized carbons (Fsp3) is 0.481. The zero-order chi connectivity index (χ0) is 25.6. The molecule has 35 heavy (non-hydrogen) atoms. The zero-order valence-corrected chi connectivity index (χ0v) is 21.3. The molecule has 0 saturated heterocycles. The van der Waals surface area contributed by atoms with E-state index in [4.69, 9.17) is 0 Å². The van der Waals surface area contributed by atoms with Crippen molar-refractivity contribution in [2.45, 2.75) is 71.5 Å². The lowest BCUT2D eigenvalue weighted by Crippen LogP contribution is -2.40. The normalized spacial score (nSPS) is 12.5. The van der Waals surface area contributed by atoms with Gasteiger partial charge in [0.15, 0.2) is 0 Å². The Hall–Kier alpha value is -3.10. The predicted molar refractivity (Wildman–Crippen MR) is 141 cm³/mol. The minimum Gasteiger partial charge on any atom is -0.480 e. The van der Waals surface area contributed by atoms with Crippen LogP contribution in [0.15, 0.2) is 64.8 Å². The Morgan fingerprint density at radius 3 is 2.03 bits per heavy atom. The number of anilines is 1. The number of aliphatic carboxylic acids is 1. The van der Waals surface area contributed by atoms with Crippen molar-refractivity contribution >= 4 is 28.9 Å². The molecule has 0 heterocycles. The van der Waals surface area contributed by atoms with Gasteiger partial charge in [0.2, 0.25) is 5.91 Å². The number of azo groups is 1. The lowest BCUT2D eigenvalue weighted by atomic mass is 10.1. The van der Waals surface area contributed by atoms with Crippen molar-refractivity contribution in [1.82, 2.24) is 10.2 Å². The summed E-state index contributed by atoms with van der Waals surface area (Å²) in [5.41, 5.74) is 1.99. The summed E-state index contributed by atoms with van der Waals surface area (Å²) in [6, 6.07) is 16.4. The molecule has 8 heteroatoms. The van der Waals surface area contributed by atoms with Gasteiger partial charge in [0.25, 0.3) is 0 Å². The molecule has 1 unspecified atom stereocenters. The van der Waals surface area contributed by atoms with Gasteiger partial charge in [0.05, 0.1) is 17.8 Å². The Kier molecular flexibility index (Phi) is 12.1. The van der Waals surface area contributed by atoms with E-state index in [1.807, 2.05) is 30.3 Å². The first-order valence-electron chi connectivity index (χ1n) is 12.3. The lowest BCUT2D eigenvalue weighted by molar-refractivity contribution is -0.141. The van der Waals surface area contributed by atoms with Gasteiger partial charge in [0, 0.05) is 17.8 Å². The third kappa shape index (κ3) is 10.8. The predicted octanol–water partition coefficient (Wildman–Crippen LogP) is 5.76. The van der Waals surface area contributed by atoms with Crippen molar-refractivity contribution in [3.05, 3.63) is 54.6 Å². The smallest absolute Gasteiger partial charge is 0.321 e. The Bertz CT molecular complexity index is 922. The van der Waals surface area contributed by atoms with Crippen LogP contribution in [0.25, 0.3) is 0 Å². The lowest BCUT2D eigenvalue weighted by Gasteiger charge is -2.30. The largest absolute Gasteiger partial charge is 0.480 e. The van der Waals surface area contributed by atoms with Crippen LogP contribution in [0, 0.1) is 0 Å². The van der Waals surface area contributed by atoms with Gasteiger partial charge in [-0.3, -0.25) is 14.5 Å². The maximum absolute atomic E-state index is 12.4. The number of benzene rings is 2. The van der Waals surface area contributed by atoms with E-state index < -0.39 is 12.0 Å².